The van der Waals surface area contributed by atoms with Crippen LogP contribution in [-0.4, -0.2) is 47.3 Å². The van der Waals surface area contributed by atoms with Gasteiger partial charge in [-0.25, -0.2) is 0 Å². The molecular weight excluding hydrogens is 198 g/mol. The Hall–Kier alpha value is -0.660. The lowest BCUT2D eigenvalue weighted by Crippen LogP contribution is -2.42. The molecule has 0 bridgehead atoms. The molecule has 5 unspecified atom stereocenters. The molecule has 0 amide bonds. The van der Waals surface area contributed by atoms with E-state index in [0.29, 0.717) is 12.2 Å². The van der Waals surface area contributed by atoms with Crippen molar-refractivity contribution in [1.82, 2.24) is 5.32 Å². The molecule has 0 aromatic carbocycles. The largest absolute Gasteiger partial charge is 0.401 e. The Labute approximate surface area is 88.9 Å². The molecule has 5 atom stereocenters. The van der Waals surface area contributed by atoms with Crippen LogP contribution in [0.3, 0.4) is 0 Å². The molecule has 0 radical (unpaired) electrons. The number of nitrogens with two attached hydrogens (primary N) is 2. The predicted octanol–water partition coefficient (Wildman–Crippen LogP) is -2.16. The molecule has 1 saturated heterocycles. The number of hydrogen-bond acceptors (Lipinski definition) is 6. The van der Waals surface area contributed by atoms with Crippen molar-refractivity contribution >= 4 is 0 Å². The summed E-state index contributed by atoms with van der Waals surface area (Å²) < 4.78 is 5.16. The summed E-state index contributed by atoms with van der Waals surface area (Å²) in [4.78, 5) is 0. The van der Waals surface area contributed by atoms with Gasteiger partial charge in [-0.3, -0.25) is 0 Å². The van der Waals surface area contributed by atoms with Crippen molar-refractivity contribution in [3.8, 4) is 0 Å². The van der Waals surface area contributed by atoms with Crippen LogP contribution >= 0.6 is 0 Å². The summed E-state index contributed by atoms with van der Waals surface area (Å²) in [7, 11) is 0. The van der Waals surface area contributed by atoms with Crippen molar-refractivity contribution < 1.29 is 14.9 Å². The summed E-state index contributed by atoms with van der Waals surface area (Å²) in [5.41, 5.74) is 11.4. The smallest absolute Gasteiger partial charge is 0.135 e. The van der Waals surface area contributed by atoms with Crippen LogP contribution in [0, 0.1) is 0 Å². The van der Waals surface area contributed by atoms with E-state index in [-0.39, 0.29) is 6.04 Å². The van der Waals surface area contributed by atoms with E-state index in [1.807, 2.05) is 6.92 Å². The molecule has 0 aromatic rings. The van der Waals surface area contributed by atoms with Crippen LogP contribution in [0.1, 0.15) is 6.92 Å². The molecule has 0 aliphatic carbocycles. The Bertz CT molecular complexity index is 237. The van der Waals surface area contributed by atoms with Gasteiger partial charge in [0, 0.05) is 18.3 Å². The van der Waals surface area contributed by atoms with Crippen LogP contribution in [0.4, 0.5) is 0 Å². The molecule has 1 heterocycles. The topological polar surface area (TPSA) is 114 Å². The highest BCUT2D eigenvalue weighted by molar-refractivity contribution is 4.98. The van der Waals surface area contributed by atoms with Crippen LogP contribution in [0.2, 0.25) is 0 Å². The summed E-state index contributed by atoms with van der Waals surface area (Å²) in [6.45, 7) is 5.80. The fourth-order valence-electron chi connectivity index (χ4n) is 1.37. The van der Waals surface area contributed by atoms with E-state index in [4.69, 9.17) is 16.2 Å². The Morgan fingerprint density at radius 1 is 1.53 bits per heavy atom. The minimum absolute atomic E-state index is 0.0743. The van der Waals surface area contributed by atoms with E-state index >= 15 is 0 Å². The Morgan fingerprint density at radius 3 is 2.53 bits per heavy atom. The number of hydrogen-bond donors (Lipinski definition) is 5. The van der Waals surface area contributed by atoms with Crippen molar-refractivity contribution in [1.29, 1.82) is 0 Å². The fraction of sp³-hybridized carbons (Fsp3) is 0.778. The van der Waals surface area contributed by atoms with E-state index in [0.717, 1.165) is 0 Å². The Kier molecular flexibility index (Phi) is 4.06. The standard InChI is InChI=1S/C9H19N3O3/c1-4(10)5(2)12-3-6-7(13)8(14)9(11)15-6/h5-9,12-14H,1,3,10-11H2,2H3. The Balaban J connectivity index is 2.37. The molecule has 1 aliphatic rings. The van der Waals surface area contributed by atoms with E-state index in [2.05, 4.69) is 11.9 Å². The zero-order valence-electron chi connectivity index (χ0n) is 8.76. The van der Waals surface area contributed by atoms with Gasteiger partial charge in [-0.15, -0.1) is 0 Å². The monoisotopic (exact) mass is 217 g/mol. The summed E-state index contributed by atoms with van der Waals surface area (Å²) in [6.07, 6.45) is -3.35. The molecule has 7 N–H and O–H groups in total. The lowest BCUT2D eigenvalue weighted by molar-refractivity contribution is 0.0116. The SMILES string of the molecule is C=C(N)C(C)NCC1OC(N)C(O)C1O. The third-order valence-electron chi connectivity index (χ3n) is 2.58. The molecule has 15 heavy (non-hydrogen) atoms. The minimum Gasteiger partial charge on any atom is -0.401 e. The number of aliphatic hydroxyl groups is 2. The van der Waals surface area contributed by atoms with Crippen LogP contribution in [-0.2, 0) is 4.74 Å². The van der Waals surface area contributed by atoms with E-state index in [1.165, 1.54) is 0 Å². The summed E-state index contributed by atoms with van der Waals surface area (Å²) in [5.74, 6) is 0. The highest BCUT2D eigenvalue weighted by Crippen LogP contribution is 2.17. The summed E-state index contributed by atoms with van der Waals surface area (Å²) >= 11 is 0. The van der Waals surface area contributed by atoms with Crippen molar-refractivity contribution in [3.63, 3.8) is 0 Å². The first-order chi connectivity index (χ1) is 6.93. The van der Waals surface area contributed by atoms with Gasteiger partial charge < -0.3 is 31.7 Å². The maximum atomic E-state index is 9.53. The maximum Gasteiger partial charge on any atom is 0.135 e. The first-order valence-corrected chi connectivity index (χ1v) is 4.88. The average Bonchev–Trinajstić information content (AvgIpc) is 2.42. The fourth-order valence-corrected chi connectivity index (χ4v) is 1.37. The molecular formula is C9H19N3O3. The lowest BCUT2D eigenvalue weighted by Gasteiger charge is -2.19. The molecule has 1 aliphatic heterocycles. The van der Waals surface area contributed by atoms with Gasteiger partial charge in [-0.2, -0.15) is 0 Å². The molecule has 6 nitrogen and oxygen atoms in total. The predicted molar refractivity (Wildman–Crippen MR) is 55.7 cm³/mol. The van der Waals surface area contributed by atoms with Gasteiger partial charge in [0.05, 0.1) is 0 Å². The molecule has 1 fully saturated rings. The van der Waals surface area contributed by atoms with Crippen molar-refractivity contribution in [2.24, 2.45) is 11.5 Å². The normalized spacial score (nSPS) is 37.9. The van der Waals surface area contributed by atoms with Gasteiger partial charge in [0.15, 0.2) is 0 Å². The second kappa shape index (κ2) is 4.91. The highest BCUT2D eigenvalue weighted by atomic mass is 16.6. The summed E-state index contributed by atoms with van der Waals surface area (Å²) in [6, 6.07) is -0.0743. The molecule has 0 spiro atoms. The lowest BCUT2D eigenvalue weighted by atomic mass is 10.1. The average molecular weight is 217 g/mol. The number of aliphatic hydroxyl groups excluding tert-OH is 2. The maximum absolute atomic E-state index is 9.53. The van der Waals surface area contributed by atoms with E-state index < -0.39 is 24.5 Å². The van der Waals surface area contributed by atoms with Crippen molar-refractivity contribution in [3.05, 3.63) is 12.3 Å². The van der Waals surface area contributed by atoms with Gasteiger partial charge in [0.2, 0.25) is 0 Å². The van der Waals surface area contributed by atoms with Gasteiger partial charge in [0.25, 0.3) is 0 Å². The van der Waals surface area contributed by atoms with Gasteiger partial charge >= 0.3 is 0 Å². The van der Waals surface area contributed by atoms with Gasteiger partial charge in [0.1, 0.15) is 24.5 Å². The molecule has 88 valence electrons. The molecule has 1 rings (SSSR count). The number of ether oxygens (including phenoxy) is 1. The van der Waals surface area contributed by atoms with E-state index in [1.54, 1.807) is 0 Å². The third kappa shape index (κ3) is 2.90. The summed E-state index contributed by atoms with van der Waals surface area (Å²) in [5, 5.41) is 21.9. The first-order valence-electron chi connectivity index (χ1n) is 4.88. The zero-order chi connectivity index (χ0) is 11.6. The number of rotatable bonds is 4. The van der Waals surface area contributed by atoms with Crippen molar-refractivity contribution in [2.45, 2.75) is 37.5 Å². The Morgan fingerprint density at radius 2 is 2.13 bits per heavy atom. The minimum atomic E-state index is -1.03. The van der Waals surface area contributed by atoms with Crippen LogP contribution in [0.15, 0.2) is 12.3 Å². The molecule has 0 saturated carbocycles. The van der Waals surface area contributed by atoms with Crippen molar-refractivity contribution in [2.75, 3.05) is 6.54 Å². The molecule has 6 heteroatoms. The van der Waals surface area contributed by atoms with Crippen LogP contribution < -0.4 is 16.8 Å². The van der Waals surface area contributed by atoms with Gasteiger partial charge in [-0.1, -0.05) is 6.58 Å². The first kappa shape index (κ1) is 12.4. The number of nitrogens with one attached hydrogen (secondary N) is 1. The van der Waals surface area contributed by atoms with Crippen LogP contribution in [0.5, 0.6) is 0 Å². The highest BCUT2D eigenvalue weighted by Gasteiger charge is 2.40. The zero-order valence-corrected chi connectivity index (χ0v) is 8.76. The van der Waals surface area contributed by atoms with Crippen LogP contribution in [0.25, 0.3) is 0 Å². The van der Waals surface area contributed by atoms with Gasteiger partial charge in [-0.05, 0) is 6.92 Å². The third-order valence-corrected chi connectivity index (χ3v) is 2.58. The van der Waals surface area contributed by atoms with E-state index in [9.17, 15) is 10.2 Å². The quantitative estimate of drug-likeness (QED) is 0.366. The second-order valence-corrected chi connectivity index (χ2v) is 3.83. The molecule has 0 aromatic heterocycles. The second-order valence-electron chi connectivity index (χ2n) is 3.83.